The Kier molecular flexibility index (Phi) is 5.45. The molecule has 1 aromatic carbocycles. The average Bonchev–Trinajstić information content (AvgIpc) is 2.55. The molecule has 9 heteroatoms. The van der Waals surface area contributed by atoms with Gasteiger partial charge < -0.3 is 15.8 Å². The summed E-state index contributed by atoms with van der Waals surface area (Å²) >= 11 is 1.43. The molecule has 128 valence electrons. The van der Waals surface area contributed by atoms with Gasteiger partial charge in [-0.15, -0.1) is 11.8 Å². The van der Waals surface area contributed by atoms with Crippen molar-refractivity contribution in [1.29, 1.82) is 0 Å². The lowest BCUT2D eigenvalue weighted by molar-refractivity contribution is 0.0988. The Morgan fingerprint density at radius 2 is 2.21 bits per heavy atom. The van der Waals surface area contributed by atoms with E-state index in [9.17, 15) is 14.0 Å². The van der Waals surface area contributed by atoms with E-state index in [2.05, 4.69) is 10.4 Å². The number of nitrogens with two attached hydrogens (primary N) is 1. The first-order valence-electron chi connectivity index (χ1n) is 6.93. The van der Waals surface area contributed by atoms with E-state index < -0.39 is 17.3 Å². The van der Waals surface area contributed by atoms with Crippen molar-refractivity contribution in [2.75, 3.05) is 18.3 Å². The van der Waals surface area contributed by atoms with Crippen molar-refractivity contribution in [3.05, 3.63) is 45.6 Å². The number of benzene rings is 1. The number of nitrogens with zero attached hydrogens (tertiary/aromatic N) is 2. The number of hydrogen-bond acceptors (Lipinski definition) is 6. The molecule has 24 heavy (non-hydrogen) atoms. The molecule has 0 spiro atoms. The summed E-state index contributed by atoms with van der Waals surface area (Å²) in [6.45, 7) is 1.34. The molecule has 0 aliphatic heterocycles. The number of rotatable bonds is 6. The van der Waals surface area contributed by atoms with Gasteiger partial charge in [0.05, 0.1) is 11.3 Å². The van der Waals surface area contributed by atoms with Crippen LogP contribution in [0.5, 0.6) is 5.75 Å². The highest BCUT2D eigenvalue weighted by molar-refractivity contribution is 7.98. The standard InChI is InChI=1S/C15H17FN4O3S/c1-8-13(12(14(17)21)19-20(2)15(8)22)23-7-18-11-5-4-9(24-3)6-10(11)16/h4-6,18H,7H2,1-3H3,(H2,17,21). The largest absolute Gasteiger partial charge is 0.470 e. The number of anilines is 1. The molecule has 2 rings (SSSR count). The Morgan fingerprint density at radius 1 is 1.50 bits per heavy atom. The minimum Gasteiger partial charge on any atom is -0.470 e. The number of hydrogen-bond donors (Lipinski definition) is 2. The van der Waals surface area contributed by atoms with Crippen LogP contribution in [-0.2, 0) is 7.05 Å². The van der Waals surface area contributed by atoms with Gasteiger partial charge in [-0.25, -0.2) is 9.07 Å². The van der Waals surface area contributed by atoms with Gasteiger partial charge in [-0.2, -0.15) is 5.10 Å². The second kappa shape index (κ2) is 7.35. The van der Waals surface area contributed by atoms with Crippen LogP contribution >= 0.6 is 11.8 Å². The average molecular weight is 352 g/mol. The lowest BCUT2D eigenvalue weighted by atomic mass is 10.2. The van der Waals surface area contributed by atoms with Crippen LogP contribution in [0.4, 0.5) is 10.1 Å². The van der Waals surface area contributed by atoms with Gasteiger partial charge in [-0.1, -0.05) is 0 Å². The normalized spacial score (nSPS) is 10.5. The van der Waals surface area contributed by atoms with Gasteiger partial charge in [0.1, 0.15) is 5.82 Å². The van der Waals surface area contributed by atoms with Crippen LogP contribution in [0.15, 0.2) is 27.9 Å². The van der Waals surface area contributed by atoms with E-state index in [4.69, 9.17) is 10.5 Å². The molecule has 0 fully saturated rings. The van der Waals surface area contributed by atoms with Gasteiger partial charge in [-0.05, 0) is 31.4 Å². The Hall–Kier alpha value is -2.55. The summed E-state index contributed by atoms with van der Waals surface area (Å²) in [7, 11) is 1.41. The van der Waals surface area contributed by atoms with E-state index >= 15 is 0 Å². The quantitative estimate of drug-likeness (QED) is 0.604. The molecule has 7 nitrogen and oxygen atoms in total. The molecule has 0 unspecified atom stereocenters. The topological polar surface area (TPSA) is 99.2 Å². The number of amides is 1. The third-order valence-corrected chi connectivity index (χ3v) is 4.03. The summed E-state index contributed by atoms with van der Waals surface area (Å²) < 4.78 is 20.3. The summed E-state index contributed by atoms with van der Waals surface area (Å²) in [5, 5.41) is 6.54. The van der Waals surface area contributed by atoms with Crippen molar-refractivity contribution in [1.82, 2.24) is 9.78 Å². The highest BCUT2D eigenvalue weighted by Gasteiger charge is 2.18. The summed E-state index contributed by atoms with van der Waals surface area (Å²) in [5.74, 6) is -1.27. The van der Waals surface area contributed by atoms with Gasteiger partial charge in [0, 0.05) is 11.9 Å². The zero-order valence-corrected chi connectivity index (χ0v) is 14.2. The Morgan fingerprint density at radius 3 is 2.79 bits per heavy atom. The van der Waals surface area contributed by atoms with E-state index in [1.165, 1.54) is 31.8 Å². The molecule has 2 aromatic rings. The van der Waals surface area contributed by atoms with E-state index in [1.807, 2.05) is 6.26 Å². The van der Waals surface area contributed by atoms with E-state index in [-0.39, 0.29) is 29.4 Å². The minimum absolute atomic E-state index is 0.0146. The third kappa shape index (κ3) is 3.67. The number of ether oxygens (including phenoxy) is 1. The number of halogens is 1. The van der Waals surface area contributed by atoms with Crippen molar-refractivity contribution in [2.24, 2.45) is 12.8 Å². The number of aromatic nitrogens is 2. The maximum Gasteiger partial charge on any atom is 0.273 e. The number of aryl methyl sites for hydroxylation is 1. The SMILES string of the molecule is CSc1ccc(NCOc2c(C(N)=O)nn(C)c(=O)c2C)c(F)c1. The number of nitrogens with one attached hydrogen (secondary N) is 1. The maximum atomic E-state index is 13.9. The van der Waals surface area contributed by atoms with Gasteiger partial charge in [-0.3, -0.25) is 9.59 Å². The van der Waals surface area contributed by atoms with Crippen molar-refractivity contribution in [3.63, 3.8) is 0 Å². The van der Waals surface area contributed by atoms with E-state index in [0.29, 0.717) is 0 Å². The zero-order valence-electron chi connectivity index (χ0n) is 13.4. The molecule has 3 N–H and O–H groups in total. The first kappa shape index (κ1) is 17.8. The molecule has 0 atom stereocenters. The maximum absolute atomic E-state index is 13.9. The Labute approximate surface area is 142 Å². The third-order valence-electron chi connectivity index (χ3n) is 3.31. The predicted molar refractivity (Wildman–Crippen MR) is 90.0 cm³/mol. The van der Waals surface area contributed by atoms with Crippen molar-refractivity contribution < 1.29 is 13.9 Å². The van der Waals surface area contributed by atoms with Crippen LogP contribution in [0.25, 0.3) is 0 Å². The lowest BCUT2D eigenvalue weighted by Gasteiger charge is -2.14. The molecule has 1 aromatic heterocycles. The fourth-order valence-electron chi connectivity index (χ4n) is 2.05. The summed E-state index contributed by atoms with van der Waals surface area (Å²) in [5.41, 5.74) is 5.13. The van der Waals surface area contributed by atoms with Gasteiger partial charge in [0.15, 0.2) is 18.2 Å². The minimum atomic E-state index is -0.820. The van der Waals surface area contributed by atoms with Crippen LogP contribution in [0.3, 0.4) is 0 Å². The van der Waals surface area contributed by atoms with Crippen molar-refractivity contribution in [2.45, 2.75) is 11.8 Å². The fourth-order valence-corrected chi connectivity index (χ4v) is 2.47. The van der Waals surface area contributed by atoms with Gasteiger partial charge >= 0.3 is 0 Å². The first-order valence-corrected chi connectivity index (χ1v) is 8.15. The number of carbonyl (C=O) groups excluding carboxylic acids is 1. The molecule has 0 saturated carbocycles. The summed E-state index contributed by atoms with van der Waals surface area (Å²) in [4.78, 5) is 24.2. The van der Waals surface area contributed by atoms with Crippen molar-refractivity contribution >= 4 is 23.4 Å². The molecule has 0 radical (unpaired) electrons. The number of thioether (sulfide) groups is 1. The molecular formula is C15H17FN4O3S. The fraction of sp³-hybridized carbons (Fsp3) is 0.267. The van der Waals surface area contributed by atoms with Crippen molar-refractivity contribution in [3.8, 4) is 5.75 Å². The number of primary amides is 1. The highest BCUT2D eigenvalue weighted by Crippen LogP contribution is 2.22. The van der Waals surface area contributed by atoms with Gasteiger partial charge in [0.2, 0.25) is 0 Å². The van der Waals surface area contributed by atoms with E-state index in [0.717, 1.165) is 9.58 Å². The van der Waals surface area contributed by atoms with Crippen LogP contribution < -0.4 is 21.3 Å². The zero-order chi connectivity index (χ0) is 17.9. The molecule has 0 saturated heterocycles. The molecule has 1 amide bonds. The lowest BCUT2D eigenvalue weighted by Crippen LogP contribution is -2.29. The monoisotopic (exact) mass is 352 g/mol. The molecule has 0 aliphatic carbocycles. The van der Waals surface area contributed by atoms with Crippen LogP contribution in [-0.4, -0.2) is 28.7 Å². The van der Waals surface area contributed by atoms with Crippen LogP contribution in [0, 0.1) is 12.7 Å². The molecule has 0 bridgehead atoms. The van der Waals surface area contributed by atoms with Crippen LogP contribution in [0.1, 0.15) is 16.1 Å². The second-order valence-corrected chi connectivity index (χ2v) is 5.79. The van der Waals surface area contributed by atoms with Crippen LogP contribution in [0.2, 0.25) is 0 Å². The van der Waals surface area contributed by atoms with Gasteiger partial charge in [0.25, 0.3) is 11.5 Å². The van der Waals surface area contributed by atoms with E-state index in [1.54, 1.807) is 12.1 Å². The molecule has 0 aliphatic rings. The summed E-state index contributed by atoms with van der Waals surface area (Å²) in [6, 6.07) is 4.73. The predicted octanol–water partition coefficient (Wildman–Crippen LogP) is 1.50. The molecular weight excluding hydrogens is 335 g/mol. The second-order valence-electron chi connectivity index (χ2n) is 4.91. The Balaban J connectivity index is 2.19. The first-order chi connectivity index (χ1) is 11.3. The summed E-state index contributed by atoms with van der Waals surface area (Å²) in [6.07, 6.45) is 1.85. The number of carbonyl (C=O) groups is 1. The Bertz CT molecular complexity index is 838. The smallest absolute Gasteiger partial charge is 0.273 e. The highest BCUT2D eigenvalue weighted by atomic mass is 32.2. The molecule has 1 heterocycles.